The van der Waals surface area contributed by atoms with Gasteiger partial charge in [-0.1, -0.05) is 65.8 Å². The monoisotopic (exact) mass is 507 g/mol. The van der Waals surface area contributed by atoms with E-state index in [2.05, 4.69) is 5.16 Å². The van der Waals surface area contributed by atoms with E-state index in [1.165, 1.54) is 13.2 Å². The normalized spacial score (nSPS) is 19.4. The molecule has 0 radical (unpaired) electrons. The zero-order valence-corrected chi connectivity index (χ0v) is 20.2. The number of primary sulfonamides is 1. The number of nitrogens with zero attached hydrogens (tertiary/aromatic N) is 1. The molecule has 0 saturated heterocycles. The SMILES string of the molecule is COCC1ON=C(c2cccc(C(=N)N)c2)C1(C(N)=O)c1ccc(-c2ccccc2S(N)(=O)=O)cc1. The van der Waals surface area contributed by atoms with Crippen LogP contribution in [0.4, 0.5) is 0 Å². The Bertz CT molecular complexity index is 1470. The Morgan fingerprint density at radius 2 is 1.75 bits per heavy atom. The molecule has 2 atom stereocenters. The summed E-state index contributed by atoms with van der Waals surface area (Å²) in [5.74, 6) is -0.862. The molecule has 7 N–H and O–H groups in total. The summed E-state index contributed by atoms with van der Waals surface area (Å²) in [7, 11) is -2.49. The Kier molecular flexibility index (Phi) is 6.63. The second kappa shape index (κ2) is 9.53. The summed E-state index contributed by atoms with van der Waals surface area (Å²) in [6, 6.07) is 19.8. The summed E-state index contributed by atoms with van der Waals surface area (Å²) in [6.07, 6.45) is -0.876. The van der Waals surface area contributed by atoms with Crippen molar-refractivity contribution in [3.63, 3.8) is 0 Å². The molecule has 3 aromatic rings. The van der Waals surface area contributed by atoms with Crippen molar-refractivity contribution < 1.29 is 22.8 Å². The first kappa shape index (κ1) is 25.0. The van der Waals surface area contributed by atoms with Crippen LogP contribution in [0.3, 0.4) is 0 Å². The Balaban J connectivity index is 1.88. The van der Waals surface area contributed by atoms with Crippen LogP contribution in [0.5, 0.6) is 0 Å². The molecule has 1 aliphatic rings. The van der Waals surface area contributed by atoms with Gasteiger partial charge >= 0.3 is 0 Å². The van der Waals surface area contributed by atoms with Gasteiger partial charge in [-0.2, -0.15) is 0 Å². The molecule has 1 heterocycles. The summed E-state index contributed by atoms with van der Waals surface area (Å²) < 4.78 is 29.5. The predicted octanol–water partition coefficient (Wildman–Crippen LogP) is 1.46. The van der Waals surface area contributed by atoms with Crippen LogP contribution in [0.25, 0.3) is 11.1 Å². The number of carbonyl (C=O) groups is 1. The number of carbonyl (C=O) groups excluding carboxylic acids is 1. The van der Waals surface area contributed by atoms with E-state index in [4.69, 9.17) is 31.6 Å². The number of nitrogens with one attached hydrogen (secondary N) is 1. The maximum Gasteiger partial charge on any atom is 0.238 e. The van der Waals surface area contributed by atoms with Crippen LogP contribution in [0, 0.1) is 5.41 Å². The maximum absolute atomic E-state index is 13.2. The average molecular weight is 508 g/mol. The number of rotatable bonds is 8. The molecule has 11 heteroatoms. The van der Waals surface area contributed by atoms with Crippen LogP contribution in [-0.4, -0.2) is 45.7 Å². The van der Waals surface area contributed by atoms with Crippen molar-refractivity contribution in [1.29, 1.82) is 5.41 Å². The van der Waals surface area contributed by atoms with Gasteiger partial charge in [0.15, 0.2) is 11.5 Å². The van der Waals surface area contributed by atoms with E-state index >= 15 is 0 Å². The molecule has 0 spiro atoms. The number of primary amides is 1. The van der Waals surface area contributed by atoms with Gasteiger partial charge in [0.05, 0.1) is 11.5 Å². The fraction of sp³-hybridized carbons (Fsp3) is 0.160. The molecule has 0 aromatic heterocycles. The molecule has 3 aromatic carbocycles. The van der Waals surface area contributed by atoms with Crippen molar-refractivity contribution in [2.75, 3.05) is 13.7 Å². The van der Waals surface area contributed by atoms with E-state index in [-0.39, 0.29) is 23.0 Å². The maximum atomic E-state index is 13.2. The van der Waals surface area contributed by atoms with Gasteiger partial charge in [-0.25, -0.2) is 13.6 Å². The fourth-order valence-electron chi connectivity index (χ4n) is 4.45. The van der Waals surface area contributed by atoms with Crippen LogP contribution in [-0.2, 0) is 29.8 Å². The summed E-state index contributed by atoms with van der Waals surface area (Å²) in [5, 5.41) is 17.4. The molecule has 0 saturated carbocycles. The fourth-order valence-corrected chi connectivity index (χ4v) is 5.21. The lowest BCUT2D eigenvalue weighted by Crippen LogP contribution is -2.55. The number of oxime groups is 1. The second-order valence-electron chi connectivity index (χ2n) is 8.27. The number of sulfonamides is 1. The number of nitrogens with two attached hydrogens (primary N) is 3. The molecule has 10 nitrogen and oxygen atoms in total. The van der Waals surface area contributed by atoms with Crippen molar-refractivity contribution in [2.45, 2.75) is 16.4 Å². The van der Waals surface area contributed by atoms with E-state index in [0.717, 1.165) is 0 Å². The van der Waals surface area contributed by atoms with Gasteiger partial charge in [-0.05, 0) is 23.3 Å². The zero-order chi connectivity index (χ0) is 26.1. The minimum absolute atomic E-state index is 0.0122. The minimum Gasteiger partial charge on any atom is -0.388 e. The quantitative estimate of drug-likeness (QED) is 0.264. The van der Waals surface area contributed by atoms with E-state index in [0.29, 0.717) is 27.8 Å². The molecule has 1 aliphatic heterocycles. The van der Waals surface area contributed by atoms with E-state index in [9.17, 15) is 13.2 Å². The number of hydrogen-bond donors (Lipinski definition) is 4. The number of benzene rings is 3. The predicted molar refractivity (Wildman–Crippen MR) is 135 cm³/mol. The third kappa shape index (κ3) is 4.24. The van der Waals surface area contributed by atoms with Crippen LogP contribution in [0.2, 0.25) is 0 Å². The first-order chi connectivity index (χ1) is 17.1. The zero-order valence-electron chi connectivity index (χ0n) is 19.3. The number of hydrogen-bond acceptors (Lipinski definition) is 7. The second-order valence-corrected chi connectivity index (χ2v) is 9.80. The van der Waals surface area contributed by atoms with Crippen molar-refractivity contribution in [2.24, 2.45) is 21.8 Å². The molecule has 1 amide bonds. The number of amides is 1. The Morgan fingerprint density at radius 3 is 2.36 bits per heavy atom. The van der Waals surface area contributed by atoms with Gasteiger partial charge in [0.25, 0.3) is 0 Å². The smallest absolute Gasteiger partial charge is 0.238 e. The molecular formula is C25H25N5O5S. The molecule has 0 bridgehead atoms. The van der Waals surface area contributed by atoms with E-state index < -0.39 is 27.4 Å². The third-order valence-corrected chi connectivity index (χ3v) is 7.10. The first-order valence-corrected chi connectivity index (χ1v) is 12.4. The van der Waals surface area contributed by atoms with Crippen LogP contribution >= 0.6 is 0 Å². The molecule has 2 unspecified atom stereocenters. The Labute approximate surface area is 208 Å². The van der Waals surface area contributed by atoms with E-state index in [1.54, 1.807) is 66.7 Å². The number of amidine groups is 1. The standard InChI is InChI=1S/C25H25N5O5S/c1-34-14-21-25(24(28)31,22(30-35-21)16-5-4-6-17(13-16)23(26)27)18-11-9-15(10-12-18)19-7-2-3-8-20(19)36(29,32)33/h2-13,21H,14H2,1H3,(H3,26,27)(H2,28,31)(H2,29,32,33). The summed E-state index contributed by atoms with van der Waals surface area (Å²) >= 11 is 0. The van der Waals surface area contributed by atoms with Gasteiger partial charge in [0.2, 0.25) is 15.9 Å². The number of nitrogen functional groups attached to an aromatic ring is 1. The first-order valence-electron chi connectivity index (χ1n) is 10.8. The van der Waals surface area contributed by atoms with Gasteiger partial charge < -0.3 is 21.0 Å². The molecule has 0 fully saturated rings. The van der Waals surface area contributed by atoms with Gasteiger partial charge in [0.1, 0.15) is 11.5 Å². The minimum atomic E-state index is -3.96. The average Bonchev–Trinajstić information content (AvgIpc) is 3.24. The lowest BCUT2D eigenvalue weighted by molar-refractivity contribution is -0.126. The molecule has 36 heavy (non-hydrogen) atoms. The highest BCUT2D eigenvalue weighted by molar-refractivity contribution is 7.89. The number of methoxy groups -OCH3 is 1. The van der Waals surface area contributed by atoms with Crippen LogP contribution in [0.1, 0.15) is 16.7 Å². The summed E-state index contributed by atoms with van der Waals surface area (Å²) in [6.45, 7) is 0.0122. The molecular weight excluding hydrogens is 482 g/mol. The molecule has 4 rings (SSSR count). The van der Waals surface area contributed by atoms with Crippen LogP contribution < -0.4 is 16.6 Å². The van der Waals surface area contributed by atoms with Gasteiger partial charge in [-0.15, -0.1) is 0 Å². The van der Waals surface area contributed by atoms with Crippen molar-refractivity contribution in [1.82, 2.24) is 0 Å². The Hall–Kier alpha value is -4.06. The molecule has 0 aliphatic carbocycles. The highest BCUT2D eigenvalue weighted by Crippen LogP contribution is 2.40. The third-order valence-electron chi connectivity index (χ3n) is 6.13. The van der Waals surface area contributed by atoms with Crippen molar-refractivity contribution in [3.8, 4) is 11.1 Å². The Morgan fingerprint density at radius 1 is 1.06 bits per heavy atom. The highest BCUT2D eigenvalue weighted by atomic mass is 32.2. The lowest BCUT2D eigenvalue weighted by atomic mass is 9.69. The topological polar surface area (TPSA) is 184 Å². The van der Waals surface area contributed by atoms with Gasteiger partial charge in [-0.3, -0.25) is 10.2 Å². The lowest BCUT2D eigenvalue weighted by Gasteiger charge is -2.31. The molecule has 186 valence electrons. The van der Waals surface area contributed by atoms with Gasteiger partial charge in [0, 0.05) is 23.8 Å². The summed E-state index contributed by atoms with van der Waals surface area (Å²) in [5.41, 5.74) is 12.8. The highest BCUT2D eigenvalue weighted by Gasteiger charge is 2.56. The number of ether oxygens (including phenoxy) is 1. The van der Waals surface area contributed by atoms with Crippen molar-refractivity contribution in [3.05, 3.63) is 89.5 Å². The van der Waals surface area contributed by atoms with Crippen LogP contribution in [0.15, 0.2) is 82.8 Å². The van der Waals surface area contributed by atoms with Crippen molar-refractivity contribution >= 4 is 27.5 Å². The largest absolute Gasteiger partial charge is 0.388 e. The summed E-state index contributed by atoms with van der Waals surface area (Å²) in [4.78, 5) is 18.8. The van der Waals surface area contributed by atoms with E-state index in [1.807, 2.05) is 0 Å².